The molecule has 6 nitrogen and oxygen atoms in total. The quantitative estimate of drug-likeness (QED) is 0.0652. The molecule has 2 fully saturated rings. The summed E-state index contributed by atoms with van der Waals surface area (Å²) in [6, 6.07) is 26.4. The second-order valence-electron chi connectivity index (χ2n) is 18.0. The van der Waals surface area contributed by atoms with Crippen LogP contribution in [0.1, 0.15) is 68.2 Å². The van der Waals surface area contributed by atoms with Gasteiger partial charge in [0, 0.05) is 34.3 Å². The Morgan fingerprint density at radius 3 is 1.88 bits per heavy atom. The number of ether oxygens (including phenoxy) is 4. The summed E-state index contributed by atoms with van der Waals surface area (Å²) in [5, 5.41) is 2.49. The Balaban J connectivity index is 1.81. The van der Waals surface area contributed by atoms with Gasteiger partial charge in [0.25, 0.3) is 8.32 Å². The summed E-state index contributed by atoms with van der Waals surface area (Å²) >= 11 is 0. The molecule has 0 saturated heterocycles. The second-order valence-corrected chi connectivity index (χ2v) is 32.6. The number of hydrogen-bond donors (Lipinski definition) is 0. The minimum absolute atomic E-state index is 0.00557. The van der Waals surface area contributed by atoms with Crippen molar-refractivity contribution in [3.8, 4) is 0 Å². The fraction of sp³-hybridized carbons (Fsp3) is 0.674. The van der Waals surface area contributed by atoms with Gasteiger partial charge < -0.3 is 27.8 Å². The normalized spacial score (nSPS) is 27.4. The zero-order chi connectivity index (χ0) is 38.4. The van der Waals surface area contributed by atoms with Crippen molar-refractivity contribution in [2.75, 3.05) is 27.3 Å². The van der Waals surface area contributed by atoms with E-state index in [0.717, 1.165) is 36.2 Å². The lowest BCUT2D eigenvalue weighted by Gasteiger charge is -2.46. The van der Waals surface area contributed by atoms with Gasteiger partial charge in [0.1, 0.15) is 13.6 Å². The molecule has 0 unspecified atom stereocenters. The largest absolute Gasteiger partial charge is 0.410 e. The van der Waals surface area contributed by atoms with Gasteiger partial charge in [-0.1, -0.05) is 135 Å². The summed E-state index contributed by atoms with van der Waals surface area (Å²) in [6.45, 7) is 31.9. The van der Waals surface area contributed by atoms with Crippen molar-refractivity contribution in [1.29, 1.82) is 0 Å². The molecule has 4 rings (SSSR count). The Morgan fingerprint density at radius 2 is 1.40 bits per heavy atom. The molecule has 0 heterocycles. The second kappa shape index (κ2) is 18.0. The molecular formula is C43H72O6Si3. The Morgan fingerprint density at radius 1 is 0.846 bits per heavy atom. The maximum Gasteiger partial charge on any atom is 0.261 e. The van der Waals surface area contributed by atoms with Gasteiger partial charge in [0.05, 0.1) is 17.8 Å². The lowest BCUT2D eigenvalue weighted by atomic mass is 9.77. The van der Waals surface area contributed by atoms with Crippen LogP contribution in [-0.4, -0.2) is 75.9 Å². The van der Waals surface area contributed by atoms with Crippen LogP contribution in [0.4, 0.5) is 0 Å². The molecule has 2 aromatic rings. The average molecular weight is 769 g/mol. The van der Waals surface area contributed by atoms with Gasteiger partial charge >= 0.3 is 0 Å². The minimum Gasteiger partial charge on any atom is -0.410 e. The Bertz CT molecular complexity index is 1340. The van der Waals surface area contributed by atoms with Crippen LogP contribution in [0.3, 0.4) is 0 Å². The van der Waals surface area contributed by atoms with E-state index in [1.54, 1.807) is 7.11 Å². The smallest absolute Gasteiger partial charge is 0.261 e. The number of rotatable bonds is 18. The highest BCUT2D eigenvalue weighted by Crippen LogP contribution is 2.55. The van der Waals surface area contributed by atoms with E-state index in [4.69, 9.17) is 34.4 Å². The number of hydrogen-bond acceptors (Lipinski definition) is 6. The van der Waals surface area contributed by atoms with E-state index < -0.39 is 30.3 Å². The predicted octanol–water partition coefficient (Wildman–Crippen LogP) is 9.63. The van der Waals surface area contributed by atoms with Gasteiger partial charge in [-0.25, -0.2) is 0 Å². The topological polar surface area (TPSA) is 55.4 Å². The molecule has 52 heavy (non-hydrogen) atoms. The van der Waals surface area contributed by atoms with Crippen molar-refractivity contribution in [1.82, 2.24) is 0 Å². The van der Waals surface area contributed by atoms with E-state index in [9.17, 15) is 0 Å². The van der Waals surface area contributed by atoms with Gasteiger partial charge in [-0.3, -0.25) is 0 Å². The monoisotopic (exact) mass is 768 g/mol. The maximum atomic E-state index is 7.95. The summed E-state index contributed by atoms with van der Waals surface area (Å²) in [7, 11) is -4.40. The molecule has 0 bridgehead atoms. The van der Waals surface area contributed by atoms with Crippen LogP contribution >= 0.6 is 0 Å². The standard InChI is InChI=1S/C43H72O6Si3/c1-14-51(15-2,16-3)49-41-34(5)39(46-32-45-27-28-50(11,12)13)30-43(9,47-31-44-10)37-29-38(33(4)40(37)41)48-52(42(6,7)8,35-23-19-17-20-24-35)36-25-21-18-22-26-36/h17-26,33,37-41H,5,14-16,27-32H2,1-4,6-13H3/t33-,37-,38-,39-,40+,41+,43-/m0/s1. The molecule has 2 aliphatic rings. The zero-order valence-electron chi connectivity index (χ0n) is 34.8. The van der Waals surface area contributed by atoms with Gasteiger partial charge in [0.2, 0.25) is 0 Å². The summed E-state index contributed by atoms with van der Waals surface area (Å²) in [6.07, 6.45) is 1.09. The number of fused-ring (bicyclic) bond motifs is 1. The predicted molar refractivity (Wildman–Crippen MR) is 224 cm³/mol. The molecule has 0 aliphatic heterocycles. The third-order valence-electron chi connectivity index (χ3n) is 12.6. The van der Waals surface area contributed by atoms with E-state index >= 15 is 0 Å². The first-order valence-corrected chi connectivity index (χ1v) is 28.1. The van der Waals surface area contributed by atoms with Crippen molar-refractivity contribution < 1.29 is 27.8 Å². The van der Waals surface area contributed by atoms with E-state index in [1.165, 1.54) is 10.4 Å². The van der Waals surface area contributed by atoms with E-state index in [0.29, 0.717) is 13.0 Å². The van der Waals surface area contributed by atoms with Crippen molar-refractivity contribution in [3.05, 3.63) is 72.8 Å². The van der Waals surface area contributed by atoms with Crippen molar-refractivity contribution in [2.45, 2.75) is 141 Å². The van der Waals surface area contributed by atoms with Crippen molar-refractivity contribution in [2.24, 2.45) is 17.8 Å². The Hall–Kier alpha value is -1.41. The first kappa shape index (κ1) is 43.3. The minimum atomic E-state index is -2.82. The van der Waals surface area contributed by atoms with Crippen LogP contribution in [-0.2, 0) is 27.8 Å². The molecular weight excluding hydrogens is 697 g/mol. The summed E-state index contributed by atoms with van der Waals surface area (Å²) in [5.41, 5.74) is 0.468. The van der Waals surface area contributed by atoms with Gasteiger partial charge in [0.15, 0.2) is 8.32 Å². The lowest BCUT2D eigenvalue weighted by Crippen LogP contribution is -2.68. The highest BCUT2D eigenvalue weighted by molar-refractivity contribution is 6.99. The highest BCUT2D eigenvalue weighted by Gasteiger charge is 2.61. The molecule has 0 radical (unpaired) electrons. The molecule has 0 N–H and O–H groups in total. The summed E-state index contributed by atoms with van der Waals surface area (Å²) in [4.78, 5) is 0. The van der Waals surface area contributed by atoms with Crippen LogP contribution in [0.25, 0.3) is 0 Å². The Kier molecular flexibility index (Phi) is 15.0. The number of methoxy groups -OCH3 is 1. The number of benzene rings is 2. The zero-order valence-corrected chi connectivity index (χ0v) is 37.8. The van der Waals surface area contributed by atoms with Crippen molar-refractivity contribution >= 4 is 35.1 Å². The first-order valence-electron chi connectivity index (χ1n) is 20.0. The van der Waals surface area contributed by atoms with Gasteiger partial charge in [-0.2, -0.15) is 0 Å². The van der Waals surface area contributed by atoms with Gasteiger partial charge in [-0.15, -0.1) is 0 Å². The van der Waals surface area contributed by atoms with Crippen LogP contribution in [0.5, 0.6) is 0 Å². The summed E-state index contributed by atoms with van der Waals surface area (Å²) in [5.74, 6) is 0.458. The summed E-state index contributed by atoms with van der Waals surface area (Å²) < 4.78 is 40.8. The molecule has 2 aromatic carbocycles. The Labute approximate surface area is 320 Å². The molecule has 2 aliphatic carbocycles. The fourth-order valence-corrected chi connectivity index (χ4v) is 17.4. The lowest BCUT2D eigenvalue weighted by molar-refractivity contribution is -0.173. The van der Waals surface area contributed by atoms with E-state index in [-0.39, 0.29) is 54.7 Å². The third-order valence-corrected chi connectivity index (χ3v) is 23.9. The van der Waals surface area contributed by atoms with E-state index in [2.05, 4.69) is 136 Å². The third kappa shape index (κ3) is 9.51. The fourth-order valence-electron chi connectivity index (χ4n) is 9.05. The average Bonchev–Trinajstić information content (AvgIpc) is 3.41. The molecule has 0 aromatic heterocycles. The highest BCUT2D eigenvalue weighted by atomic mass is 28.4. The van der Waals surface area contributed by atoms with Crippen LogP contribution in [0.15, 0.2) is 72.8 Å². The first-order chi connectivity index (χ1) is 24.5. The SMILES string of the molecule is C=C1[C@@H](OCOCC[Si](C)(C)C)C[C@](C)(OCOC)[C@H]2C[C@H](O[Si](c3ccccc3)(c3ccccc3)C(C)(C)C)[C@H](C)[C@H]2[C@@H]1O[Si](CC)(CC)CC. The van der Waals surface area contributed by atoms with Crippen LogP contribution in [0, 0.1) is 17.8 Å². The van der Waals surface area contributed by atoms with E-state index in [1.807, 2.05) is 0 Å². The molecule has 2 saturated carbocycles. The molecule has 292 valence electrons. The molecule has 9 heteroatoms. The van der Waals surface area contributed by atoms with Crippen LogP contribution in [0.2, 0.25) is 48.9 Å². The van der Waals surface area contributed by atoms with Crippen molar-refractivity contribution in [3.63, 3.8) is 0 Å². The van der Waals surface area contributed by atoms with Gasteiger partial charge in [-0.05, 0) is 76.3 Å². The molecule has 7 atom stereocenters. The molecule has 0 spiro atoms. The van der Waals surface area contributed by atoms with Crippen LogP contribution < -0.4 is 10.4 Å². The molecule has 0 amide bonds. The maximum absolute atomic E-state index is 7.95.